The minimum Gasteiger partial charge on any atom is -0.289 e. The van der Waals surface area contributed by atoms with E-state index >= 15 is 0 Å². The Kier molecular flexibility index (Phi) is 4.96. The molecular weight excluding hydrogens is 296 g/mol. The average molecular weight is 310 g/mol. The van der Waals surface area contributed by atoms with Crippen molar-refractivity contribution in [2.45, 2.75) is 24.9 Å². The third-order valence-corrected chi connectivity index (χ3v) is 3.43. The van der Waals surface area contributed by atoms with E-state index in [0.29, 0.717) is 6.42 Å². The van der Waals surface area contributed by atoms with E-state index in [1.807, 2.05) is 6.07 Å². The first kappa shape index (κ1) is 16.2. The Labute approximate surface area is 125 Å². The maximum atomic E-state index is 12.9. The molecular formula is C17H14F4O. The van der Waals surface area contributed by atoms with Gasteiger partial charge in [0.1, 0.15) is 5.82 Å². The van der Waals surface area contributed by atoms with Gasteiger partial charge in [0.05, 0.1) is 5.92 Å². The van der Waals surface area contributed by atoms with Crippen molar-refractivity contribution in [3.8, 4) is 0 Å². The fourth-order valence-electron chi connectivity index (χ4n) is 2.30. The number of Topliss-reactive ketones (excluding diaryl/α,β-unsaturated/α-hetero) is 1. The number of hydrogen-bond donors (Lipinski definition) is 0. The lowest BCUT2D eigenvalue weighted by molar-refractivity contribution is -0.172. The first-order valence-electron chi connectivity index (χ1n) is 6.78. The van der Waals surface area contributed by atoms with Crippen molar-refractivity contribution in [1.82, 2.24) is 0 Å². The Bertz CT molecular complexity index is 617. The number of halogens is 4. The van der Waals surface area contributed by atoms with E-state index in [9.17, 15) is 22.4 Å². The predicted molar refractivity (Wildman–Crippen MR) is 75.0 cm³/mol. The lowest BCUT2D eigenvalue weighted by Gasteiger charge is -2.18. The molecule has 0 fully saturated rings. The molecule has 0 heterocycles. The van der Waals surface area contributed by atoms with E-state index in [-0.39, 0.29) is 12.0 Å². The highest BCUT2D eigenvalue weighted by Crippen LogP contribution is 2.31. The van der Waals surface area contributed by atoms with Crippen molar-refractivity contribution in [2.75, 3.05) is 0 Å². The van der Waals surface area contributed by atoms with Crippen LogP contribution in [0.15, 0.2) is 54.6 Å². The molecule has 0 aromatic heterocycles. The molecule has 0 saturated carbocycles. The summed E-state index contributed by atoms with van der Waals surface area (Å²) in [7, 11) is 0. The highest BCUT2D eigenvalue weighted by Gasteiger charge is 2.43. The van der Waals surface area contributed by atoms with E-state index < -0.39 is 23.7 Å². The van der Waals surface area contributed by atoms with E-state index in [0.717, 1.165) is 17.7 Å². The van der Waals surface area contributed by atoms with Gasteiger partial charge in [0, 0.05) is 0 Å². The van der Waals surface area contributed by atoms with Crippen molar-refractivity contribution in [3.63, 3.8) is 0 Å². The van der Waals surface area contributed by atoms with Crippen LogP contribution in [0.1, 0.15) is 23.5 Å². The number of benzene rings is 2. The van der Waals surface area contributed by atoms with Gasteiger partial charge >= 0.3 is 6.18 Å². The van der Waals surface area contributed by atoms with Gasteiger partial charge in [-0.05, 0) is 36.1 Å². The van der Waals surface area contributed by atoms with Gasteiger partial charge < -0.3 is 0 Å². The second-order valence-corrected chi connectivity index (χ2v) is 4.99. The van der Waals surface area contributed by atoms with Crippen LogP contribution in [0.4, 0.5) is 17.6 Å². The van der Waals surface area contributed by atoms with Crippen LogP contribution in [0, 0.1) is 5.82 Å². The monoisotopic (exact) mass is 310 g/mol. The normalized spacial score (nSPS) is 12.9. The smallest absolute Gasteiger partial charge is 0.289 e. The Morgan fingerprint density at radius 1 is 0.955 bits per heavy atom. The number of aryl methyl sites for hydroxylation is 1. The minimum absolute atomic E-state index is 0.0218. The molecule has 5 heteroatoms. The molecule has 116 valence electrons. The van der Waals surface area contributed by atoms with Gasteiger partial charge in [0.25, 0.3) is 0 Å². The molecule has 1 atom stereocenters. The zero-order chi connectivity index (χ0) is 16.2. The van der Waals surface area contributed by atoms with Crippen LogP contribution in [0.3, 0.4) is 0 Å². The first-order chi connectivity index (χ1) is 10.4. The molecule has 0 aliphatic carbocycles. The molecule has 0 spiro atoms. The lowest BCUT2D eigenvalue weighted by Crippen LogP contribution is -2.29. The molecule has 2 rings (SSSR count). The maximum absolute atomic E-state index is 12.9. The average Bonchev–Trinajstić information content (AvgIpc) is 2.49. The summed E-state index contributed by atoms with van der Waals surface area (Å²) in [5.74, 6) is -3.67. The third-order valence-electron chi connectivity index (χ3n) is 3.43. The van der Waals surface area contributed by atoms with Gasteiger partial charge in [-0.1, -0.05) is 42.5 Å². The molecule has 2 aromatic rings. The number of hydrogen-bond acceptors (Lipinski definition) is 1. The summed E-state index contributed by atoms with van der Waals surface area (Å²) in [6.07, 6.45) is -4.55. The molecule has 2 aromatic carbocycles. The summed E-state index contributed by atoms with van der Waals surface area (Å²) in [6, 6.07) is 13.6. The zero-order valence-electron chi connectivity index (χ0n) is 11.6. The Morgan fingerprint density at radius 3 is 2.09 bits per heavy atom. The summed E-state index contributed by atoms with van der Waals surface area (Å²) < 4.78 is 51.2. The van der Waals surface area contributed by atoms with Crippen molar-refractivity contribution < 1.29 is 22.4 Å². The van der Waals surface area contributed by atoms with Crippen LogP contribution in [0.5, 0.6) is 0 Å². The molecule has 0 radical (unpaired) electrons. The number of rotatable bonds is 5. The minimum atomic E-state index is -4.91. The summed E-state index contributed by atoms with van der Waals surface area (Å²) >= 11 is 0. The Balaban J connectivity index is 2.22. The van der Waals surface area contributed by atoms with E-state index in [1.165, 1.54) is 12.1 Å². The molecule has 1 nitrogen and oxygen atoms in total. The molecule has 0 saturated heterocycles. The second-order valence-electron chi connectivity index (χ2n) is 4.99. The standard InChI is InChI=1S/C17H14F4O/c18-14-9-7-13(8-10-14)15(16(22)17(19,20)21)11-6-12-4-2-1-3-5-12/h1-5,7-10,15H,6,11H2. The van der Waals surface area contributed by atoms with Crippen LogP contribution in [0.25, 0.3) is 0 Å². The molecule has 22 heavy (non-hydrogen) atoms. The van der Waals surface area contributed by atoms with Gasteiger partial charge in [-0.2, -0.15) is 13.2 Å². The summed E-state index contributed by atoms with van der Waals surface area (Å²) in [5, 5.41) is 0. The molecule has 0 aliphatic rings. The fourth-order valence-corrected chi connectivity index (χ4v) is 2.30. The molecule has 0 bridgehead atoms. The Morgan fingerprint density at radius 2 is 1.55 bits per heavy atom. The molecule has 1 unspecified atom stereocenters. The van der Waals surface area contributed by atoms with Crippen molar-refractivity contribution in [3.05, 3.63) is 71.5 Å². The van der Waals surface area contributed by atoms with Crippen molar-refractivity contribution in [1.29, 1.82) is 0 Å². The number of carbonyl (C=O) groups is 1. The van der Waals surface area contributed by atoms with Crippen LogP contribution in [0.2, 0.25) is 0 Å². The van der Waals surface area contributed by atoms with Gasteiger partial charge in [-0.15, -0.1) is 0 Å². The van der Waals surface area contributed by atoms with Crippen molar-refractivity contribution in [2.24, 2.45) is 0 Å². The molecule has 0 aliphatic heterocycles. The Hall–Kier alpha value is -2.17. The first-order valence-corrected chi connectivity index (χ1v) is 6.78. The summed E-state index contributed by atoms with van der Waals surface area (Å²) in [6.45, 7) is 0. The van der Waals surface area contributed by atoms with Crippen LogP contribution in [-0.4, -0.2) is 12.0 Å². The van der Waals surface area contributed by atoms with Crippen LogP contribution < -0.4 is 0 Å². The van der Waals surface area contributed by atoms with Crippen LogP contribution in [-0.2, 0) is 11.2 Å². The molecule has 0 N–H and O–H groups in total. The number of carbonyl (C=O) groups excluding carboxylic acids is 1. The molecule has 0 amide bonds. The van der Waals surface area contributed by atoms with Gasteiger partial charge in [0.15, 0.2) is 0 Å². The predicted octanol–water partition coefficient (Wildman–Crippen LogP) is 4.67. The van der Waals surface area contributed by atoms with Gasteiger partial charge in [-0.3, -0.25) is 4.79 Å². The van der Waals surface area contributed by atoms with E-state index in [1.54, 1.807) is 24.3 Å². The van der Waals surface area contributed by atoms with Crippen molar-refractivity contribution >= 4 is 5.78 Å². The highest BCUT2D eigenvalue weighted by atomic mass is 19.4. The van der Waals surface area contributed by atoms with E-state index in [4.69, 9.17) is 0 Å². The summed E-state index contributed by atoms with van der Waals surface area (Å²) in [5.41, 5.74) is 1.03. The third kappa shape index (κ3) is 4.16. The second kappa shape index (κ2) is 6.73. The largest absolute Gasteiger partial charge is 0.450 e. The SMILES string of the molecule is O=C(C(CCc1ccccc1)c1ccc(F)cc1)C(F)(F)F. The van der Waals surface area contributed by atoms with Gasteiger partial charge in [-0.25, -0.2) is 4.39 Å². The number of alkyl halides is 3. The highest BCUT2D eigenvalue weighted by molar-refractivity contribution is 5.90. The topological polar surface area (TPSA) is 17.1 Å². The van der Waals surface area contributed by atoms with Crippen LogP contribution >= 0.6 is 0 Å². The number of ketones is 1. The maximum Gasteiger partial charge on any atom is 0.450 e. The quantitative estimate of drug-likeness (QED) is 0.733. The van der Waals surface area contributed by atoms with Gasteiger partial charge in [0.2, 0.25) is 5.78 Å². The lowest BCUT2D eigenvalue weighted by atomic mass is 9.88. The van der Waals surface area contributed by atoms with E-state index in [2.05, 4.69) is 0 Å². The zero-order valence-corrected chi connectivity index (χ0v) is 11.6. The fraction of sp³-hybridized carbons (Fsp3) is 0.235. The summed E-state index contributed by atoms with van der Waals surface area (Å²) in [4.78, 5) is 11.7.